The van der Waals surface area contributed by atoms with Gasteiger partial charge in [0.1, 0.15) is 0 Å². The van der Waals surface area contributed by atoms with Crippen LogP contribution in [0.3, 0.4) is 0 Å². The van der Waals surface area contributed by atoms with Gasteiger partial charge in [-0.3, -0.25) is 19.7 Å². The first-order valence-electron chi connectivity index (χ1n) is 12.1. The first-order valence-corrected chi connectivity index (χ1v) is 12.5. The van der Waals surface area contributed by atoms with Crippen molar-refractivity contribution in [2.24, 2.45) is 5.16 Å². The predicted octanol–water partition coefficient (Wildman–Crippen LogP) is 7.45. The average molecular weight is 551 g/mol. The summed E-state index contributed by atoms with van der Waals surface area (Å²) in [5.74, 6) is -0.594. The second-order valence-corrected chi connectivity index (χ2v) is 9.69. The number of Topliss-reactive ketones (excluding diaryl/α,β-unsaturated/α-hetero) is 1. The van der Waals surface area contributed by atoms with Crippen LogP contribution in [0.5, 0.6) is 0 Å². The summed E-state index contributed by atoms with van der Waals surface area (Å²) in [5.41, 5.74) is 3.41. The van der Waals surface area contributed by atoms with Crippen LogP contribution in [0.4, 0.5) is 13.2 Å². The molecule has 0 radical (unpaired) electrons. The zero-order chi connectivity index (χ0) is 27.6. The quantitative estimate of drug-likeness (QED) is 0.223. The highest BCUT2D eigenvalue weighted by Crippen LogP contribution is 2.32. The molecular weight excluding hydrogens is 529 g/mol. The second kappa shape index (κ2) is 10.9. The van der Waals surface area contributed by atoms with E-state index in [2.05, 4.69) is 20.1 Å². The molecule has 1 aromatic carbocycles. The molecule has 0 saturated carbocycles. The van der Waals surface area contributed by atoms with Crippen molar-refractivity contribution in [3.05, 3.63) is 112 Å². The normalized spacial score (nSPS) is 15.9. The van der Waals surface area contributed by atoms with E-state index < -0.39 is 17.7 Å². The maximum atomic E-state index is 13.4. The van der Waals surface area contributed by atoms with Crippen molar-refractivity contribution in [3.8, 4) is 11.3 Å². The zero-order valence-corrected chi connectivity index (χ0v) is 21.4. The molecule has 39 heavy (non-hydrogen) atoms. The summed E-state index contributed by atoms with van der Waals surface area (Å²) in [5, 5.41) is 4.75. The third-order valence-corrected chi connectivity index (χ3v) is 6.63. The van der Waals surface area contributed by atoms with Crippen LogP contribution in [0.1, 0.15) is 64.7 Å². The molecule has 0 aliphatic carbocycles. The first-order chi connectivity index (χ1) is 18.7. The van der Waals surface area contributed by atoms with E-state index >= 15 is 0 Å². The van der Waals surface area contributed by atoms with Gasteiger partial charge in [-0.1, -0.05) is 29.7 Å². The number of carbonyl (C=O) groups is 1. The van der Waals surface area contributed by atoms with E-state index in [0.29, 0.717) is 45.2 Å². The number of hydrogen-bond acceptors (Lipinski definition) is 6. The Bertz CT molecular complexity index is 1510. The largest absolute Gasteiger partial charge is 0.417 e. The Morgan fingerprint density at radius 1 is 1.03 bits per heavy atom. The molecule has 4 aromatic rings. The van der Waals surface area contributed by atoms with Crippen LogP contribution in [0.25, 0.3) is 11.3 Å². The van der Waals surface area contributed by atoms with Gasteiger partial charge >= 0.3 is 6.18 Å². The molecule has 6 nitrogen and oxygen atoms in total. The van der Waals surface area contributed by atoms with Crippen molar-refractivity contribution < 1.29 is 22.8 Å². The SMILES string of the molecule is C[C@@H](CC(=O)c1cc(C2=NO[C@H](c3ccccn3)C2)cc(-c2ccc(Cl)cn2)c1)c1ccc(C(F)(F)F)cn1. The summed E-state index contributed by atoms with van der Waals surface area (Å²) in [6, 6.07) is 16.7. The highest BCUT2D eigenvalue weighted by Gasteiger charge is 2.31. The first kappa shape index (κ1) is 26.5. The molecule has 0 bridgehead atoms. The van der Waals surface area contributed by atoms with Crippen LogP contribution in [-0.2, 0) is 11.0 Å². The van der Waals surface area contributed by atoms with Crippen LogP contribution in [0.2, 0.25) is 5.02 Å². The van der Waals surface area contributed by atoms with Crippen molar-refractivity contribution >= 4 is 23.1 Å². The lowest BCUT2D eigenvalue weighted by atomic mass is 9.92. The van der Waals surface area contributed by atoms with E-state index in [0.717, 1.165) is 18.0 Å². The maximum Gasteiger partial charge on any atom is 0.417 e. The molecule has 4 heterocycles. The zero-order valence-electron chi connectivity index (χ0n) is 20.7. The third-order valence-electron chi connectivity index (χ3n) is 6.41. The van der Waals surface area contributed by atoms with Gasteiger partial charge in [-0.25, -0.2) is 0 Å². The van der Waals surface area contributed by atoms with E-state index in [1.54, 1.807) is 37.4 Å². The minimum absolute atomic E-state index is 0.0504. The number of hydrogen-bond donors (Lipinski definition) is 0. The molecule has 3 aromatic heterocycles. The minimum atomic E-state index is -4.47. The molecule has 1 aliphatic heterocycles. The van der Waals surface area contributed by atoms with Gasteiger partial charge in [-0.05, 0) is 54.6 Å². The molecule has 0 N–H and O–H groups in total. The highest BCUT2D eigenvalue weighted by molar-refractivity contribution is 6.30. The van der Waals surface area contributed by atoms with Crippen LogP contribution >= 0.6 is 11.6 Å². The Labute approximate surface area is 227 Å². The van der Waals surface area contributed by atoms with Gasteiger partial charge in [0.2, 0.25) is 0 Å². The number of rotatable bonds is 7. The predicted molar refractivity (Wildman–Crippen MR) is 141 cm³/mol. The highest BCUT2D eigenvalue weighted by atomic mass is 35.5. The molecule has 0 saturated heterocycles. The summed E-state index contributed by atoms with van der Waals surface area (Å²) >= 11 is 6.01. The number of ketones is 1. The molecule has 0 spiro atoms. The Kier molecular flexibility index (Phi) is 7.43. The molecule has 5 rings (SSSR count). The standard InChI is InChI=1S/C29H22ClF3N4O2/c1-17(23-7-5-21(15-35-23)29(31,32)33)10-27(38)20-12-18(24-8-6-22(30)16-36-24)11-19(13-20)26-14-28(39-37-26)25-4-2-3-9-34-25/h2-9,11-13,15-17,28H,10,14H2,1H3/t17-,28-/m0/s1. The number of nitrogens with zero attached hydrogens (tertiary/aromatic N) is 4. The third kappa shape index (κ3) is 6.15. The number of aromatic nitrogens is 3. The van der Waals surface area contributed by atoms with Gasteiger partial charge in [0.25, 0.3) is 0 Å². The Hall–Kier alpha value is -4.11. The van der Waals surface area contributed by atoms with Gasteiger partial charge in [0, 0.05) is 59.7 Å². The summed E-state index contributed by atoms with van der Waals surface area (Å²) in [6.07, 6.45) is -0.299. The molecule has 0 fully saturated rings. The minimum Gasteiger partial charge on any atom is -0.385 e. The lowest BCUT2D eigenvalue weighted by molar-refractivity contribution is -0.137. The van der Waals surface area contributed by atoms with E-state index in [1.807, 2.05) is 24.3 Å². The Balaban J connectivity index is 1.42. The number of benzene rings is 1. The van der Waals surface area contributed by atoms with Gasteiger partial charge in [0.15, 0.2) is 11.9 Å². The summed E-state index contributed by atoms with van der Waals surface area (Å²) in [4.78, 5) is 31.7. The monoisotopic (exact) mass is 550 g/mol. The lowest BCUT2D eigenvalue weighted by Crippen LogP contribution is -2.10. The van der Waals surface area contributed by atoms with E-state index in [9.17, 15) is 18.0 Å². The van der Waals surface area contributed by atoms with Gasteiger partial charge in [-0.15, -0.1) is 0 Å². The van der Waals surface area contributed by atoms with Crippen LogP contribution < -0.4 is 0 Å². The fraction of sp³-hybridized carbons (Fsp3) is 0.207. The van der Waals surface area contributed by atoms with Crippen molar-refractivity contribution in [3.63, 3.8) is 0 Å². The summed E-state index contributed by atoms with van der Waals surface area (Å²) < 4.78 is 38.7. The maximum absolute atomic E-state index is 13.4. The van der Waals surface area contributed by atoms with Crippen molar-refractivity contribution in [1.29, 1.82) is 0 Å². The van der Waals surface area contributed by atoms with E-state index in [-0.39, 0.29) is 18.3 Å². The van der Waals surface area contributed by atoms with Gasteiger partial charge in [0.05, 0.1) is 27.7 Å². The smallest absolute Gasteiger partial charge is 0.385 e. The number of carbonyl (C=O) groups excluding carboxylic acids is 1. The van der Waals surface area contributed by atoms with Gasteiger partial charge in [-0.2, -0.15) is 13.2 Å². The Morgan fingerprint density at radius 2 is 1.85 bits per heavy atom. The molecule has 10 heteroatoms. The molecule has 0 amide bonds. The van der Waals surface area contributed by atoms with Crippen molar-refractivity contribution in [2.75, 3.05) is 0 Å². The number of pyridine rings is 3. The number of alkyl halides is 3. The molecular formula is C29H22ClF3N4O2. The summed E-state index contributed by atoms with van der Waals surface area (Å²) in [7, 11) is 0. The topological polar surface area (TPSA) is 77.3 Å². The second-order valence-electron chi connectivity index (χ2n) is 9.25. The fourth-order valence-corrected chi connectivity index (χ4v) is 4.40. The number of halogens is 4. The van der Waals surface area contributed by atoms with Crippen LogP contribution in [-0.4, -0.2) is 26.4 Å². The molecule has 198 valence electrons. The molecule has 1 aliphatic rings. The van der Waals surface area contributed by atoms with Crippen molar-refractivity contribution in [1.82, 2.24) is 15.0 Å². The van der Waals surface area contributed by atoms with E-state index in [4.69, 9.17) is 16.4 Å². The van der Waals surface area contributed by atoms with Crippen LogP contribution in [0.15, 0.2) is 84.4 Å². The summed E-state index contributed by atoms with van der Waals surface area (Å²) in [6.45, 7) is 1.76. The molecule has 0 unspecified atom stereocenters. The van der Waals surface area contributed by atoms with E-state index in [1.165, 1.54) is 12.3 Å². The molecule has 2 atom stereocenters. The van der Waals surface area contributed by atoms with Gasteiger partial charge < -0.3 is 4.84 Å². The van der Waals surface area contributed by atoms with Crippen molar-refractivity contribution in [2.45, 2.75) is 38.0 Å². The number of oxime groups is 1. The fourth-order valence-electron chi connectivity index (χ4n) is 4.29. The van der Waals surface area contributed by atoms with Crippen LogP contribution in [0, 0.1) is 0 Å². The lowest BCUT2D eigenvalue weighted by Gasteiger charge is -2.13. The average Bonchev–Trinajstić information content (AvgIpc) is 3.44. The Morgan fingerprint density at radius 3 is 2.51 bits per heavy atom.